The van der Waals surface area contributed by atoms with E-state index in [-0.39, 0.29) is 24.3 Å². The van der Waals surface area contributed by atoms with Crippen LogP contribution in [0.2, 0.25) is 0 Å². The summed E-state index contributed by atoms with van der Waals surface area (Å²) in [6.45, 7) is 2.12. The number of carbonyl (C=O) groups excluding carboxylic acids is 2. The topological polar surface area (TPSA) is 58.6 Å². The summed E-state index contributed by atoms with van der Waals surface area (Å²) in [6.07, 6.45) is 2.19. The second-order valence-electron chi connectivity index (χ2n) is 8.81. The lowest BCUT2D eigenvalue weighted by Crippen LogP contribution is -2.43. The van der Waals surface area contributed by atoms with Gasteiger partial charge < -0.3 is 15.0 Å². The Balaban J connectivity index is 1.22. The van der Waals surface area contributed by atoms with E-state index in [1.165, 1.54) is 0 Å². The molecule has 0 spiro atoms. The minimum Gasteiger partial charge on any atom is -0.484 e. The SMILES string of the molecule is O=C(CC(c1ccccc1)c1ccccc1)NCC1CCN(C(=O)COc2ccccc2)CC1. The highest BCUT2D eigenvalue weighted by molar-refractivity contribution is 5.78. The van der Waals surface area contributed by atoms with Crippen LogP contribution in [-0.2, 0) is 9.59 Å². The van der Waals surface area contributed by atoms with Gasteiger partial charge in [0.15, 0.2) is 6.61 Å². The molecule has 1 aliphatic heterocycles. The molecule has 1 heterocycles. The zero-order valence-electron chi connectivity index (χ0n) is 19.4. The highest BCUT2D eigenvalue weighted by Crippen LogP contribution is 2.28. The van der Waals surface area contributed by atoms with Crippen LogP contribution in [0, 0.1) is 5.92 Å². The fourth-order valence-electron chi connectivity index (χ4n) is 4.45. The van der Waals surface area contributed by atoms with E-state index >= 15 is 0 Å². The molecule has 1 aliphatic rings. The highest BCUT2D eigenvalue weighted by atomic mass is 16.5. The molecule has 4 rings (SSSR count). The van der Waals surface area contributed by atoms with Gasteiger partial charge >= 0.3 is 0 Å². The fraction of sp³-hybridized carbons (Fsp3) is 0.310. The molecule has 3 aromatic rings. The lowest BCUT2D eigenvalue weighted by molar-refractivity contribution is -0.135. The summed E-state index contributed by atoms with van der Waals surface area (Å²) >= 11 is 0. The van der Waals surface area contributed by atoms with Gasteiger partial charge in [0, 0.05) is 32.0 Å². The predicted molar refractivity (Wildman–Crippen MR) is 134 cm³/mol. The van der Waals surface area contributed by atoms with Gasteiger partial charge in [-0.3, -0.25) is 9.59 Å². The van der Waals surface area contributed by atoms with Gasteiger partial charge in [-0.15, -0.1) is 0 Å². The Bertz CT molecular complexity index is 993. The van der Waals surface area contributed by atoms with Crippen LogP contribution in [0.25, 0.3) is 0 Å². The first kappa shape index (κ1) is 23.6. The van der Waals surface area contributed by atoms with Gasteiger partial charge in [0.25, 0.3) is 5.91 Å². The van der Waals surface area contributed by atoms with Gasteiger partial charge in [-0.05, 0) is 42.0 Å². The third-order valence-electron chi connectivity index (χ3n) is 6.45. The van der Waals surface area contributed by atoms with E-state index in [2.05, 4.69) is 29.6 Å². The monoisotopic (exact) mass is 456 g/mol. The van der Waals surface area contributed by atoms with Crippen LogP contribution in [-0.4, -0.2) is 43.0 Å². The summed E-state index contributed by atoms with van der Waals surface area (Å²) in [5.74, 6) is 1.20. The number of rotatable bonds is 9. The maximum absolute atomic E-state index is 12.8. The summed E-state index contributed by atoms with van der Waals surface area (Å²) in [5.41, 5.74) is 2.29. The van der Waals surface area contributed by atoms with Crippen molar-refractivity contribution in [2.24, 2.45) is 5.92 Å². The van der Waals surface area contributed by atoms with Crippen LogP contribution in [0.3, 0.4) is 0 Å². The first-order valence-corrected chi connectivity index (χ1v) is 12.0. The summed E-state index contributed by atoms with van der Waals surface area (Å²) in [6, 6.07) is 29.8. The third kappa shape index (κ3) is 6.70. The van der Waals surface area contributed by atoms with Crippen molar-refractivity contribution in [3.8, 4) is 5.75 Å². The Morgan fingerprint density at radius 2 is 1.35 bits per heavy atom. The molecule has 5 heteroatoms. The molecule has 2 amide bonds. The molecule has 1 fully saturated rings. The minimum absolute atomic E-state index is 0.0138. The average molecular weight is 457 g/mol. The van der Waals surface area contributed by atoms with E-state index in [0.717, 1.165) is 24.0 Å². The molecule has 3 aromatic carbocycles. The van der Waals surface area contributed by atoms with Crippen LogP contribution < -0.4 is 10.1 Å². The molecule has 34 heavy (non-hydrogen) atoms. The molecule has 0 radical (unpaired) electrons. The van der Waals surface area contributed by atoms with Crippen LogP contribution >= 0.6 is 0 Å². The molecule has 1 saturated heterocycles. The van der Waals surface area contributed by atoms with Crippen molar-refractivity contribution in [3.63, 3.8) is 0 Å². The molecular formula is C29H32N2O3. The number of nitrogens with zero attached hydrogens (tertiary/aromatic N) is 1. The number of likely N-dealkylation sites (tertiary alicyclic amines) is 1. The number of hydrogen-bond acceptors (Lipinski definition) is 3. The van der Waals surface area contributed by atoms with Gasteiger partial charge in [-0.1, -0.05) is 78.9 Å². The van der Waals surface area contributed by atoms with Crippen LogP contribution in [0.4, 0.5) is 0 Å². The number of ether oxygens (including phenoxy) is 1. The van der Waals surface area contributed by atoms with Crippen molar-refractivity contribution >= 4 is 11.8 Å². The molecule has 0 atom stereocenters. The molecule has 0 unspecified atom stereocenters. The van der Waals surface area contributed by atoms with Gasteiger partial charge in [0.1, 0.15) is 5.75 Å². The Morgan fingerprint density at radius 1 is 0.824 bits per heavy atom. The van der Waals surface area contributed by atoms with E-state index in [9.17, 15) is 9.59 Å². The normalized spacial score (nSPS) is 14.1. The standard InChI is InChI=1S/C29H32N2O3/c32-28(20-27(24-10-4-1-5-11-24)25-12-6-2-7-13-25)30-21-23-16-18-31(19-17-23)29(33)22-34-26-14-8-3-9-15-26/h1-15,23,27H,16-22H2,(H,30,32). The Morgan fingerprint density at radius 3 is 1.91 bits per heavy atom. The molecule has 0 aromatic heterocycles. The highest BCUT2D eigenvalue weighted by Gasteiger charge is 2.24. The van der Waals surface area contributed by atoms with Crippen molar-refractivity contribution < 1.29 is 14.3 Å². The lowest BCUT2D eigenvalue weighted by atomic mass is 9.88. The van der Waals surface area contributed by atoms with E-state index in [4.69, 9.17) is 4.74 Å². The molecule has 176 valence electrons. The first-order chi connectivity index (χ1) is 16.7. The van der Waals surface area contributed by atoms with E-state index in [1.54, 1.807) is 0 Å². The van der Waals surface area contributed by atoms with Crippen molar-refractivity contribution in [2.75, 3.05) is 26.2 Å². The maximum Gasteiger partial charge on any atom is 0.260 e. The van der Waals surface area contributed by atoms with Crippen LogP contribution in [0.15, 0.2) is 91.0 Å². The minimum atomic E-state index is 0.0138. The molecule has 1 N–H and O–H groups in total. The first-order valence-electron chi connectivity index (χ1n) is 12.0. The molecule has 0 bridgehead atoms. The number of carbonyl (C=O) groups is 2. The van der Waals surface area contributed by atoms with Crippen LogP contribution in [0.5, 0.6) is 5.75 Å². The zero-order chi connectivity index (χ0) is 23.6. The zero-order valence-corrected chi connectivity index (χ0v) is 19.4. The van der Waals surface area contributed by atoms with Crippen molar-refractivity contribution in [2.45, 2.75) is 25.2 Å². The number of nitrogens with one attached hydrogen (secondary N) is 1. The summed E-state index contributed by atoms with van der Waals surface area (Å²) < 4.78 is 5.59. The third-order valence-corrected chi connectivity index (χ3v) is 6.45. The summed E-state index contributed by atoms with van der Waals surface area (Å²) in [5, 5.41) is 3.15. The quantitative estimate of drug-likeness (QED) is 0.510. The number of para-hydroxylation sites is 1. The number of piperidine rings is 1. The van der Waals surface area contributed by atoms with Crippen molar-refractivity contribution in [3.05, 3.63) is 102 Å². The van der Waals surface area contributed by atoms with E-state index in [1.807, 2.05) is 71.6 Å². The van der Waals surface area contributed by atoms with Crippen molar-refractivity contribution in [1.29, 1.82) is 0 Å². The summed E-state index contributed by atoms with van der Waals surface area (Å²) in [7, 11) is 0. The molecular weight excluding hydrogens is 424 g/mol. The van der Waals surface area contributed by atoms with Gasteiger partial charge in [0.2, 0.25) is 5.91 Å². The van der Waals surface area contributed by atoms with Gasteiger partial charge in [-0.2, -0.15) is 0 Å². The molecule has 0 saturated carbocycles. The lowest BCUT2D eigenvalue weighted by Gasteiger charge is -2.32. The number of hydrogen-bond donors (Lipinski definition) is 1. The van der Waals surface area contributed by atoms with E-state index in [0.29, 0.717) is 37.7 Å². The maximum atomic E-state index is 12.8. The second-order valence-corrected chi connectivity index (χ2v) is 8.81. The fourth-order valence-corrected chi connectivity index (χ4v) is 4.45. The predicted octanol–water partition coefficient (Wildman–Crippen LogP) is 4.64. The van der Waals surface area contributed by atoms with Gasteiger partial charge in [0.05, 0.1) is 0 Å². The van der Waals surface area contributed by atoms with Crippen LogP contribution in [0.1, 0.15) is 36.3 Å². The number of benzene rings is 3. The van der Waals surface area contributed by atoms with Crippen molar-refractivity contribution in [1.82, 2.24) is 10.2 Å². The smallest absolute Gasteiger partial charge is 0.260 e. The average Bonchev–Trinajstić information content (AvgIpc) is 2.91. The Labute approximate surface area is 201 Å². The molecule has 5 nitrogen and oxygen atoms in total. The number of amides is 2. The largest absolute Gasteiger partial charge is 0.484 e. The Kier molecular flexibility index (Phi) is 8.33. The molecule has 0 aliphatic carbocycles. The second kappa shape index (κ2) is 12.0. The van der Waals surface area contributed by atoms with E-state index < -0.39 is 0 Å². The Hall–Kier alpha value is -3.60. The summed E-state index contributed by atoms with van der Waals surface area (Å²) in [4.78, 5) is 27.2. The van der Waals surface area contributed by atoms with Gasteiger partial charge in [-0.25, -0.2) is 0 Å².